The molecule has 1 aliphatic heterocycles. The molecule has 1 aliphatic rings. The van der Waals surface area contributed by atoms with Gasteiger partial charge in [-0.15, -0.1) is 0 Å². The van der Waals surface area contributed by atoms with E-state index in [0.29, 0.717) is 16.8 Å². The number of ether oxygens (including phenoxy) is 1. The highest BCUT2D eigenvalue weighted by Gasteiger charge is 2.40. The van der Waals surface area contributed by atoms with E-state index in [4.69, 9.17) is 10.5 Å². The third-order valence-electron chi connectivity index (χ3n) is 4.81. The first-order valence-electron chi connectivity index (χ1n) is 9.30. The number of nitrogens with zero attached hydrogens (tertiary/aromatic N) is 1. The third-order valence-corrected chi connectivity index (χ3v) is 6.14. The zero-order valence-electron chi connectivity index (χ0n) is 16.5. The van der Waals surface area contributed by atoms with Crippen molar-refractivity contribution in [1.29, 1.82) is 0 Å². The Morgan fingerprint density at radius 2 is 1.97 bits per heavy atom. The van der Waals surface area contributed by atoms with Crippen LogP contribution in [0.3, 0.4) is 0 Å². The number of aliphatic imine (C=N–C) groups is 1. The second kappa shape index (κ2) is 8.82. The monoisotopic (exact) mass is 434 g/mol. The molecule has 2 aromatic carbocycles. The van der Waals surface area contributed by atoms with E-state index in [1.54, 1.807) is 18.2 Å². The van der Waals surface area contributed by atoms with Crippen LogP contribution in [0.25, 0.3) is 0 Å². The van der Waals surface area contributed by atoms with E-state index in [1.807, 2.05) is 30.3 Å². The van der Waals surface area contributed by atoms with E-state index in [9.17, 15) is 18.3 Å². The van der Waals surface area contributed by atoms with Gasteiger partial charge in [-0.3, -0.25) is 0 Å². The smallest absolute Gasteiger partial charge is 0.407 e. The minimum atomic E-state index is -3.47. The molecule has 1 atom stereocenters. The molecule has 0 radical (unpaired) electrons. The zero-order chi connectivity index (χ0) is 21.8. The van der Waals surface area contributed by atoms with E-state index < -0.39 is 21.7 Å². The van der Waals surface area contributed by atoms with Crippen LogP contribution in [0, 0.1) is 0 Å². The average molecular weight is 434 g/mol. The fraction of sp³-hybridized carbons (Fsp3) is 0.300. The molecule has 9 nitrogen and oxygen atoms in total. The lowest BCUT2D eigenvalue weighted by Gasteiger charge is -2.24. The Bertz CT molecular complexity index is 1060. The molecular formula is C20H24N4O5S. The molecule has 3 rings (SSSR count). The number of carbonyl (C=O) groups excluding carboxylic acids is 1. The minimum absolute atomic E-state index is 0.00873. The number of amides is 1. The molecule has 5 N–H and O–H groups in total. The van der Waals surface area contributed by atoms with E-state index in [2.05, 4.69) is 15.0 Å². The van der Waals surface area contributed by atoms with Gasteiger partial charge in [-0.2, -0.15) is 0 Å². The Balaban J connectivity index is 1.62. The summed E-state index contributed by atoms with van der Waals surface area (Å²) >= 11 is 0. The quantitative estimate of drug-likeness (QED) is 0.492. The van der Waals surface area contributed by atoms with E-state index >= 15 is 0 Å². The molecule has 0 fully saturated rings. The van der Waals surface area contributed by atoms with Gasteiger partial charge in [-0.1, -0.05) is 36.4 Å². The number of amidine groups is 1. The molecular weight excluding hydrogens is 410 g/mol. The lowest BCUT2D eigenvalue weighted by Crippen LogP contribution is -2.41. The number of carbonyl (C=O) groups is 1. The predicted molar refractivity (Wildman–Crippen MR) is 113 cm³/mol. The highest BCUT2D eigenvalue weighted by atomic mass is 32.2. The standard InChI is InChI=1S/C20H24N4O5S/c1-22-30(27,28)13-15-7-8-17-16(11-15)20(26,18(21)24-17)9-10-23-19(25)29-12-14-5-3-2-4-6-14/h2-8,11,22,26H,9-10,12-13H2,1H3,(H2,21,24)(H,23,25)/i18+2. The van der Waals surface area contributed by atoms with Crippen LogP contribution >= 0.6 is 0 Å². The van der Waals surface area contributed by atoms with Gasteiger partial charge in [0.2, 0.25) is 10.0 Å². The molecule has 1 heterocycles. The Morgan fingerprint density at radius 1 is 1.23 bits per heavy atom. The number of alkyl carbamates (subject to hydrolysis) is 1. The van der Waals surface area contributed by atoms with E-state index in [0.717, 1.165) is 5.56 Å². The summed E-state index contributed by atoms with van der Waals surface area (Å²) in [6.45, 7) is 0.214. The second-order valence-electron chi connectivity index (χ2n) is 6.91. The third kappa shape index (κ3) is 4.96. The summed E-state index contributed by atoms with van der Waals surface area (Å²) in [4.78, 5) is 16.1. The molecule has 0 bridgehead atoms. The fourth-order valence-electron chi connectivity index (χ4n) is 3.14. The lowest BCUT2D eigenvalue weighted by molar-refractivity contribution is 0.0999. The predicted octanol–water partition coefficient (Wildman–Crippen LogP) is 1.24. The van der Waals surface area contributed by atoms with Crippen molar-refractivity contribution in [2.45, 2.75) is 24.4 Å². The van der Waals surface area contributed by atoms with Gasteiger partial charge in [-0.25, -0.2) is 22.9 Å². The van der Waals surface area contributed by atoms with Gasteiger partial charge in [-0.05, 0) is 30.3 Å². The van der Waals surface area contributed by atoms with Crippen molar-refractivity contribution in [3.05, 3.63) is 65.2 Å². The van der Waals surface area contributed by atoms with Gasteiger partial charge >= 0.3 is 6.09 Å². The van der Waals surface area contributed by atoms with Gasteiger partial charge in [0.25, 0.3) is 0 Å². The van der Waals surface area contributed by atoms with Crippen molar-refractivity contribution >= 4 is 27.6 Å². The molecule has 1 amide bonds. The summed E-state index contributed by atoms with van der Waals surface area (Å²) < 4.78 is 31.0. The summed E-state index contributed by atoms with van der Waals surface area (Å²) in [7, 11) is -2.14. The fourth-order valence-corrected chi connectivity index (χ4v) is 3.90. The Kier molecular flexibility index (Phi) is 6.40. The van der Waals surface area contributed by atoms with Gasteiger partial charge in [0.05, 0.1) is 11.4 Å². The lowest BCUT2D eigenvalue weighted by atomic mass is 9.97. The SMILES string of the molecule is CNS(=O)(=O)Cc1ccc2c(c1)C(O)(CCNC(=O)OCc1ccccc1)[14C](N)=N2. The van der Waals surface area contributed by atoms with Crippen molar-refractivity contribution in [2.75, 3.05) is 13.6 Å². The molecule has 1 unspecified atom stereocenters. The summed E-state index contributed by atoms with van der Waals surface area (Å²) in [6.07, 6.45) is -0.567. The molecule has 0 saturated carbocycles. The number of sulfonamides is 1. The van der Waals surface area contributed by atoms with Crippen molar-refractivity contribution in [1.82, 2.24) is 10.0 Å². The van der Waals surface area contributed by atoms with Crippen molar-refractivity contribution in [3.8, 4) is 0 Å². The summed E-state index contributed by atoms with van der Waals surface area (Å²) in [5.41, 5.74) is 6.55. The highest BCUT2D eigenvalue weighted by molar-refractivity contribution is 7.88. The molecule has 2 aromatic rings. The average Bonchev–Trinajstić information content (AvgIpc) is 2.97. The van der Waals surface area contributed by atoms with E-state index in [1.165, 1.54) is 7.05 Å². The number of nitrogens with two attached hydrogens (primary N) is 1. The summed E-state index contributed by atoms with van der Waals surface area (Å²) in [5.74, 6) is -0.248. The van der Waals surface area contributed by atoms with Crippen molar-refractivity contribution in [3.63, 3.8) is 0 Å². The first kappa shape index (κ1) is 21.8. The van der Waals surface area contributed by atoms with Gasteiger partial charge in [0.1, 0.15) is 12.4 Å². The number of rotatable bonds is 8. The Labute approximate surface area is 175 Å². The molecule has 10 heteroatoms. The maximum atomic E-state index is 11.9. The summed E-state index contributed by atoms with van der Waals surface area (Å²) in [6, 6.07) is 14.1. The minimum Gasteiger partial charge on any atom is -0.445 e. The van der Waals surface area contributed by atoms with Crippen LogP contribution < -0.4 is 15.8 Å². The maximum Gasteiger partial charge on any atom is 0.407 e. The highest BCUT2D eigenvalue weighted by Crippen LogP contribution is 2.40. The number of benzene rings is 2. The van der Waals surface area contributed by atoms with Crippen molar-refractivity contribution < 1.29 is 23.1 Å². The second-order valence-corrected chi connectivity index (χ2v) is 8.84. The number of nitrogens with one attached hydrogen (secondary N) is 2. The first-order chi connectivity index (χ1) is 14.2. The van der Waals surface area contributed by atoms with Crippen LogP contribution in [0.2, 0.25) is 0 Å². The first-order valence-corrected chi connectivity index (χ1v) is 10.9. The van der Waals surface area contributed by atoms with Crippen molar-refractivity contribution in [2.24, 2.45) is 10.7 Å². The zero-order valence-corrected chi connectivity index (χ0v) is 17.3. The number of aliphatic hydroxyl groups is 1. The molecule has 0 saturated heterocycles. The molecule has 0 spiro atoms. The van der Waals surface area contributed by atoms with Crippen LogP contribution in [-0.2, 0) is 32.7 Å². The van der Waals surface area contributed by atoms with Crippen LogP contribution in [-0.4, -0.2) is 39.0 Å². The number of fused-ring (bicyclic) bond motifs is 1. The maximum absolute atomic E-state index is 11.9. The van der Waals surface area contributed by atoms with Gasteiger partial charge in [0, 0.05) is 18.5 Å². The van der Waals surface area contributed by atoms with Crippen LogP contribution in [0.1, 0.15) is 23.1 Å². The van der Waals surface area contributed by atoms with Crippen LogP contribution in [0.15, 0.2) is 53.5 Å². The number of hydrogen-bond donors (Lipinski definition) is 4. The molecule has 0 aliphatic carbocycles. The van der Waals surface area contributed by atoms with Gasteiger partial charge in [0.15, 0.2) is 5.60 Å². The van der Waals surface area contributed by atoms with Crippen LogP contribution in [0.5, 0.6) is 0 Å². The topological polar surface area (TPSA) is 143 Å². The largest absolute Gasteiger partial charge is 0.445 e. The summed E-state index contributed by atoms with van der Waals surface area (Å²) in [5, 5.41) is 13.7. The van der Waals surface area contributed by atoms with E-state index in [-0.39, 0.29) is 31.2 Å². The molecule has 30 heavy (non-hydrogen) atoms. The Hall–Kier alpha value is -2.95. The number of hydrogen-bond acceptors (Lipinski definition) is 7. The van der Waals surface area contributed by atoms with Crippen LogP contribution in [0.4, 0.5) is 10.5 Å². The molecule has 160 valence electrons. The normalized spacial score (nSPS) is 17.9. The van der Waals surface area contributed by atoms with Gasteiger partial charge < -0.3 is 20.9 Å². The Morgan fingerprint density at radius 3 is 2.67 bits per heavy atom. The molecule has 0 aromatic heterocycles.